The summed E-state index contributed by atoms with van der Waals surface area (Å²) >= 11 is 1.62. The minimum Gasteiger partial charge on any atom is -0.493 e. The van der Waals surface area contributed by atoms with Crippen molar-refractivity contribution in [2.45, 2.75) is 40.0 Å². The number of fused-ring (bicyclic) bond motifs is 1. The zero-order chi connectivity index (χ0) is 25.9. The van der Waals surface area contributed by atoms with Gasteiger partial charge in [0.05, 0.1) is 26.9 Å². The van der Waals surface area contributed by atoms with Crippen LogP contribution < -0.4 is 19.5 Å². The fraction of sp³-hybridized carbons (Fsp3) is 0.379. The number of benzene rings is 2. The van der Waals surface area contributed by atoms with Crippen LogP contribution >= 0.6 is 11.3 Å². The van der Waals surface area contributed by atoms with Gasteiger partial charge in [-0.05, 0) is 60.4 Å². The molecule has 7 heteroatoms. The molecule has 190 valence electrons. The maximum atomic E-state index is 13.5. The molecule has 1 heterocycles. The summed E-state index contributed by atoms with van der Waals surface area (Å²) in [7, 11) is 4.75. The first-order valence-corrected chi connectivity index (χ1v) is 12.9. The third kappa shape index (κ3) is 5.26. The van der Waals surface area contributed by atoms with Gasteiger partial charge in [0, 0.05) is 22.3 Å². The summed E-state index contributed by atoms with van der Waals surface area (Å²) in [6, 6.07) is 13.2. The smallest absolute Gasteiger partial charge is 0.259 e. The van der Waals surface area contributed by atoms with E-state index in [2.05, 4.69) is 26.1 Å². The quantitative estimate of drug-likeness (QED) is 0.353. The van der Waals surface area contributed by atoms with Gasteiger partial charge in [-0.3, -0.25) is 4.79 Å². The van der Waals surface area contributed by atoms with Crippen molar-refractivity contribution in [2.24, 2.45) is 16.3 Å². The number of para-hydroxylation sites is 1. The molecule has 0 radical (unpaired) electrons. The van der Waals surface area contributed by atoms with Crippen molar-refractivity contribution in [3.8, 4) is 17.2 Å². The third-order valence-corrected chi connectivity index (χ3v) is 7.95. The number of carbonyl (C=O) groups excluding carboxylic acids is 1. The van der Waals surface area contributed by atoms with Crippen molar-refractivity contribution in [1.29, 1.82) is 0 Å². The molecule has 1 aliphatic rings. The number of carbonyl (C=O) groups is 1. The Morgan fingerprint density at radius 3 is 2.39 bits per heavy atom. The van der Waals surface area contributed by atoms with Gasteiger partial charge in [0.15, 0.2) is 11.5 Å². The largest absolute Gasteiger partial charge is 0.493 e. The van der Waals surface area contributed by atoms with E-state index in [0.29, 0.717) is 33.7 Å². The summed E-state index contributed by atoms with van der Waals surface area (Å²) in [6.45, 7) is 6.88. The number of hydrogen-bond donors (Lipinski definition) is 1. The van der Waals surface area contributed by atoms with Gasteiger partial charge >= 0.3 is 0 Å². The number of nitrogens with one attached hydrogen (secondary N) is 1. The minimum absolute atomic E-state index is 0.126. The highest BCUT2D eigenvalue weighted by Crippen LogP contribution is 2.46. The second-order valence-electron chi connectivity index (χ2n) is 9.99. The molecule has 6 nitrogen and oxygen atoms in total. The fourth-order valence-corrected chi connectivity index (χ4v) is 5.97. The average Bonchev–Trinajstić information content (AvgIpc) is 3.24. The van der Waals surface area contributed by atoms with E-state index in [9.17, 15) is 4.79 Å². The molecule has 0 fully saturated rings. The predicted molar refractivity (Wildman–Crippen MR) is 147 cm³/mol. The number of aliphatic imine (C=N–C) groups is 1. The fourth-order valence-electron chi connectivity index (χ4n) is 4.71. The second kappa shape index (κ2) is 10.7. The van der Waals surface area contributed by atoms with E-state index < -0.39 is 0 Å². The molecule has 1 aromatic heterocycles. The third-order valence-electron chi connectivity index (χ3n) is 6.79. The lowest BCUT2D eigenvalue weighted by Gasteiger charge is -2.33. The molecule has 1 unspecified atom stereocenters. The summed E-state index contributed by atoms with van der Waals surface area (Å²) in [5.41, 5.74) is 3.51. The first-order valence-electron chi connectivity index (χ1n) is 12.1. The van der Waals surface area contributed by atoms with Crippen LogP contribution in [0.5, 0.6) is 17.2 Å². The Morgan fingerprint density at radius 1 is 1.03 bits per heavy atom. The van der Waals surface area contributed by atoms with Crippen LogP contribution in [0.3, 0.4) is 0 Å². The Labute approximate surface area is 217 Å². The van der Waals surface area contributed by atoms with Crippen LogP contribution in [-0.2, 0) is 12.8 Å². The van der Waals surface area contributed by atoms with E-state index in [-0.39, 0.29) is 11.3 Å². The van der Waals surface area contributed by atoms with Crippen molar-refractivity contribution in [3.05, 3.63) is 64.0 Å². The molecule has 0 bridgehead atoms. The van der Waals surface area contributed by atoms with Crippen LogP contribution in [0.15, 0.2) is 47.5 Å². The summed E-state index contributed by atoms with van der Waals surface area (Å²) in [4.78, 5) is 19.6. The topological polar surface area (TPSA) is 69.2 Å². The van der Waals surface area contributed by atoms with Crippen molar-refractivity contribution in [1.82, 2.24) is 0 Å². The van der Waals surface area contributed by atoms with Gasteiger partial charge in [0.25, 0.3) is 5.91 Å². The molecule has 2 aromatic carbocycles. The molecule has 3 aromatic rings. The van der Waals surface area contributed by atoms with Gasteiger partial charge in [-0.2, -0.15) is 0 Å². The van der Waals surface area contributed by atoms with Gasteiger partial charge in [0.1, 0.15) is 5.00 Å². The molecule has 4 rings (SSSR count). The number of thiophene rings is 1. The van der Waals surface area contributed by atoms with E-state index in [1.807, 2.05) is 42.5 Å². The highest BCUT2D eigenvalue weighted by atomic mass is 32.1. The van der Waals surface area contributed by atoms with Crippen LogP contribution in [0, 0.1) is 11.3 Å². The maximum Gasteiger partial charge on any atom is 0.259 e. The first kappa shape index (κ1) is 25.8. The summed E-state index contributed by atoms with van der Waals surface area (Å²) in [5, 5.41) is 3.77. The van der Waals surface area contributed by atoms with Crippen LogP contribution in [-0.4, -0.2) is 33.5 Å². The standard InChI is InChI=1S/C29H34N2O4S/c1-29(2,3)19-13-14-21-23(16-19)36-28(24(21)27(32)31-20-10-8-7-9-11-20)30-17-18-12-15-22(33-4)26(35-6)25(18)34-5/h7-12,15,17,19H,13-14,16H2,1-6H3,(H,31,32). The first-order chi connectivity index (χ1) is 17.3. The van der Waals surface area contributed by atoms with Crippen LogP contribution in [0.4, 0.5) is 10.7 Å². The number of anilines is 1. The molecule has 0 saturated carbocycles. The number of rotatable bonds is 7. The lowest BCUT2D eigenvalue weighted by molar-refractivity contribution is 0.102. The highest BCUT2D eigenvalue weighted by molar-refractivity contribution is 7.16. The number of hydrogen-bond acceptors (Lipinski definition) is 6. The second-order valence-corrected chi connectivity index (χ2v) is 11.1. The zero-order valence-corrected chi connectivity index (χ0v) is 22.6. The van der Waals surface area contributed by atoms with Crippen molar-refractivity contribution >= 4 is 34.1 Å². The molecular weight excluding hydrogens is 472 g/mol. The van der Waals surface area contributed by atoms with E-state index in [1.165, 1.54) is 4.88 Å². The van der Waals surface area contributed by atoms with Crippen molar-refractivity contribution in [3.63, 3.8) is 0 Å². The van der Waals surface area contributed by atoms with E-state index in [0.717, 1.165) is 36.1 Å². The van der Waals surface area contributed by atoms with Crippen molar-refractivity contribution in [2.75, 3.05) is 26.6 Å². The summed E-state index contributed by atoms with van der Waals surface area (Å²) < 4.78 is 16.5. The molecule has 0 saturated heterocycles. The van der Waals surface area contributed by atoms with E-state index in [1.54, 1.807) is 38.9 Å². The molecule has 1 atom stereocenters. The van der Waals surface area contributed by atoms with Gasteiger partial charge < -0.3 is 19.5 Å². The minimum atomic E-state index is -0.126. The maximum absolute atomic E-state index is 13.5. The van der Waals surface area contributed by atoms with Crippen LogP contribution in [0.1, 0.15) is 53.6 Å². The number of nitrogens with zero attached hydrogens (tertiary/aromatic N) is 1. The van der Waals surface area contributed by atoms with E-state index >= 15 is 0 Å². The summed E-state index contributed by atoms with van der Waals surface area (Å²) in [5.74, 6) is 2.06. The molecule has 1 N–H and O–H groups in total. The molecule has 0 aliphatic heterocycles. The molecule has 1 amide bonds. The Kier molecular flexibility index (Phi) is 7.69. The number of amides is 1. The molecular formula is C29H34N2O4S. The SMILES string of the molecule is COc1ccc(C=Nc2sc3c(c2C(=O)Nc2ccccc2)CCC(C(C)(C)C)C3)c(OC)c1OC. The Morgan fingerprint density at radius 2 is 1.75 bits per heavy atom. The predicted octanol–water partition coefficient (Wildman–Crippen LogP) is 6.93. The lowest BCUT2D eigenvalue weighted by Crippen LogP contribution is -2.27. The van der Waals surface area contributed by atoms with Crippen LogP contribution in [0.25, 0.3) is 0 Å². The average molecular weight is 507 g/mol. The van der Waals surface area contributed by atoms with E-state index in [4.69, 9.17) is 19.2 Å². The molecule has 0 spiro atoms. The zero-order valence-electron chi connectivity index (χ0n) is 21.8. The monoisotopic (exact) mass is 506 g/mol. The Hall–Kier alpha value is -3.32. The van der Waals surface area contributed by atoms with Crippen molar-refractivity contribution < 1.29 is 19.0 Å². The molecule has 1 aliphatic carbocycles. The number of methoxy groups -OCH3 is 3. The van der Waals surface area contributed by atoms with Gasteiger partial charge in [-0.15, -0.1) is 11.3 Å². The Bertz CT molecular complexity index is 1260. The van der Waals surface area contributed by atoms with Gasteiger partial charge in [-0.1, -0.05) is 39.0 Å². The van der Waals surface area contributed by atoms with Gasteiger partial charge in [0.2, 0.25) is 5.75 Å². The summed E-state index contributed by atoms with van der Waals surface area (Å²) in [6.07, 6.45) is 4.63. The molecule has 36 heavy (non-hydrogen) atoms. The Balaban J connectivity index is 1.75. The number of ether oxygens (including phenoxy) is 3. The normalized spacial score (nSPS) is 15.4. The highest BCUT2D eigenvalue weighted by Gasteiger charge is 2.33. The lowest BCUT2D eigenvalue weighted by atomic mass is 9.72. The van der Waals surface area contributed by atoms with Gasteiger partial charge in [-0.25, -0.2) is 4.99 Å². The van der Waals surface area contributed by atoms with Crippen LogP contribution in [0.2, 0.25) is 0 Å².